The Bertz CT molecular complexity index is 1790. The number of fused-ring (bicyclic) bond motifs is 9. The van der Waals surface area contributed by atoms with Crippen molar-refractivity contribution in [3.8, 4) is 5.75 Å². The lowest BCUT2D eigenvalue weighted by Crippen LogP contribution is -2.53. The topological polar surface area (TPSA) is 162 Å². The molecule has 0 saturated heterocycles. The van der Waals surface area contributed by atoms with Gasteiger partial charge in [-0.15, -0.1) is 0 Å². The van der Waals surface area contributed by atoms with E-state index in [-0.39, 0.29) is 27.4 Å². The normalized spacial score (nSPS) is 33.8. The fourth-order valence-corrected chi connectivity index (χ4v) is 11.2. The molecule has 9 aliphatic rings. The maximum absolute atomic E-state index is 11.4. The van der Waals surface area contributed by atoms with E-state index in [1.807, 2.05) is 30.3 Å². The summed E-state index contributed by atoms with van der Waals surface area (Å²) in [6, 6.07) is 23.8. The molecule has 0 spiro atoms. The van der Waals surface area contributed by atoms with Gasteiger partial charge in [-0.1, -0.05) is 56.3 Å². The van der Waals surface area contributed by atoms with Gasteiger partial charge >= 0.3 is 11.9 Å². The number of carbonyl (C=O) groups is 2. The Kier molecular flexibility index (Phi) is 11.2. The van der Waals surface area contributed by atoms with Crippen LogP contribution in [-0.2, 0) is 16.2 Å². The van der Waals surface area contributed by atoms with E-state index in [2.05, 4.69) is 38.1 Å². The van der Waals surface area contributed by atoms with Crippen molar-refractivity contribution in [2.24, 2.45) is 23.1 Å². The van der Waals surface area contributed by atoms with Crippen LogP contribution in [0.3, 0.4) is 0 Å². The first-order valence-electron chi connectivity index (χ1n) is 21.4. The highest BCUT2D eigenvalue weighted by Crippen LogP contribution is 2.55. The largest absolute Gasteiger partial charge is 0.493 e. The minimum atomic E-state index is -0.854. The predicted octanol–water partition coefficient (Wildman–Crippen LogP) is 9.40. The van der Waals surface area contributed by atoms with Crippen molar-refractivity contribution >= 4 is 11.9 Å². The zero-order chi connectivity index (χ0) is 39.8. The molecule has 8 N–H and O–H groups in total. The molecule has 0 heterocycles. The highest BCUT2D eigenvalue weighted by molar-refractivity contribution is 5.90. The highest BCUT2D eigenvalue weighted by atomic mass is 16.5. The second-order valence-electron chi connectivity index (χ2n) is 19.4. The number of carboxylic acids is 2. The van der Waals surface area contributed by atoms with Gasteiger partial charge in [-0.25, -0.2) is 9.59 Å². The Balaban J connectivity index is 0.000000129. The van der Waals surface area contributed by atoms with Crippen LogP contribution >= 0.6 is 0 Å². The summed E-state index contributed by atoms with van der Waals surface area (Å²) < 4.78 is 5.78. The molecule has 56 heavy (non-hydrogen) atoms. The van der Waals surface area contributed by atoms with Gasteiger partial charge in [0, 0.05) is 16.6 Å². The van der Waals surface area contributed by atoms with Gasteiger partial charge in [-0.2, -0.15) is 0 Å². The van der Waals surface area contributed by atoms with Crippen molar-refractivity contribution in [2.45, 2.75) is 162 Å². The zero-order valence-electron chi connectivity index (χ0n) is 33.8. The molecule has 8 heteroatoms. The average molecular weight is 764 g/mol. The van der Waals surface area contributed by atoms with Gasteiger partial charge in [0.2, 0.25) is 0 Å². The molecule has 3 aromatic carbocycles. The van der Waals surface area contributed by atoms with Crippen LogP contribution < -0.4 is 21.9 Å². The fraction of sp³-hybridized carbons (Fsp3) is 0.583. The zero-order valence-corrected chi connectivity index (χ0v) is 33.8. The van der Waals surface area contributed by atoms with Crippen LogP contribution in [0.5, 0.6) is 5.75 Å². The molecule has 302 valence electrons. The van der Waals surface area contributed by atoms with E-state index in [9.17, 15) is 14.7 Å². The molecule has 0 aliphatic heterocycles. The van der Waals surface area contributed by atoms with Gasteiger partial charge in [0.15, 0.2) is 0 Å². The monoisotopic (exact) mass is 763 g/mol. The van der Waals surface area contributed by atoms with E-state index in [0.29, 0.717) is 22.5 Å². The molecular weight excluding hydrogens is 699 g/mol. The predicted molar refractivity (Wildman–Crippen MR) is 222 cm³/mol. The first-order valence-corrected chi connectivity index (χ1v) is 21.4. The maximum Gasteiger partial charge on any atom is 0.335 e. The Morgan fingerprint density at radius 3 is 1.29 bits per heavy atom. The number of aromatic carboxylic acids is 2. The molecule has 0 unspecified atom stereocenters. The Labute approximate surface area is 334 Å². The summed E-state index contributed by atoms with van der Waals surface area (Å²) in [5.74, 6) is -0.0938. The van der Waals surface area contributed by atoms with Crippen LogP contribution in [-0.4, -0.2) is 45.4 Å². The quantitative estimate of drug-likeness (QED) is 0.152. The van der Waals surface area contributed by atoms with Crippen LogP contribution in [0.4, 0.5) is 0 Å². The molecule has 6 bridgehead atoms. The van der Waals surface area contributed by atoms with Gasteiger partial charge in [-0.3, -0.25) is 0 Å². The molecule has 9 fully saturated rings. The van der Waals surface area contributed by atoms with Crippen molar-refractivity contribution in [2.75, 3.05) is 6.61 Å². The highest BCUT2D eigenvalue weighted by Gasteiger charge is 2.50. The summed E-state index contributed by atoms with van der Waals surface area (Å²) in [4.78, 5) is 22.2. The van der Waals surface area contributed by atoms with E-state index in [1.165, 1.54) is 49.7 Å². The average Bonchev–Trinajstić information content (AvgIpc) is 3.22. The minimum absolute atomic E-state index is 0.0277. The fourth-order valence-electron chi connectivity index (χ4n) is 11.2. The first-order chi connectivity index (χ1) is 26.6. The third-order valence-corrected chi connectivity index (χ3v) is 15.4. The van der Waals surface area contributed by atoms with Gasteiger partial charge in [-0.05, 0) is 185 Å². The molecule has 12 rings (SSSR count). The lowest BCUT2D eigenvalue weighted by Gasteiger charge is -2.52. The number of carboxylic acid groups (broad SMARTS) is 2. The molecule has 0 aromatic heterocycles. The second kappa shape index (κ2) is 15.6. The maximum atomic E-state index is 11.4. The summed E-state index contributed by atoms with van der Waals surface area (Å²) in [5.41, 5.74) is 24.7. The Morgan fingerprint density at radius 2 is 0.911 bits per heavy atom. The number of nitrogens with two attached hydrogens (primary N) is 3. The lowest BCUT2D eigenvalue weighted by molar-refractivity contribution is 0.0676. The summed E-state index contributed by atoms with van der Waals surface area (Å²) in [5, 5.41) is 18.3. The molecule has 3 aromatic rings. The van der Waals surface area contributed by atoms with Crippen LogP contribution in [0.15, 0.2) is 72.8 Å². The number of hydrogen-bond acceptors (Lipinski definition) is 6. The van der Waals surface area contributed by atoms with Crippen molar-refractivity contribution < 1.29 is 24.5 Å². The molecule has 8 nitrogen and oxygen atoms in total. The van der Waals surface area contributed by atoms with E-state index in [0.717, 1.165) is 95.0 Å². The number of rotatable bonds is 8. The minimum Gasteiger partial charge on any atom is -0.493 e. The van der Waals surface area contributed by atoms with Crippen LogP contribution in [0.1, 0.15) is 167 Å². The van der Waals surface area contributed by atoms with Crippen molar-refractivity contribution in [1.29, 1.82) is 0 Å². The molecule has 9 saturated carbocycles. The van der Waals surface area contributed by atoms with E-state index < -0.39 is 11.9 Å². The van der Waals surface area contributed by atoms with E-state index >= 15 is 0 Å². The lowest BCUT2D eigenvalue weighted by atomic mass is 9.55. The summed E-state index contributed by atoms with van der Waals surface area (Å²) in [6.07, 6.45) is 20.3. The van der Waals surface area contributed by atoms with Crippen molar-refractivity contribution in [1.82, 2.24) is 0 Å². The standard InChI is InChI=1S/C18H27NO.2C15H19NO2/c1-14(2)13-20-16-5-3-15(4-6-16)17-7-10-18(19,11-8-17)12-9-17;16-15-8-5-14(6-9-15,7-10-15)12-3-1-11(2-4-12)13(17)18;16-15-8-5-14(6-9-15,7-10-15)12-4-2-1-3-11(12)13(17)18/h3-6,14H,7-13,19H2,1-2H3;2*1-4H,5-10,16H2,(H,17,18). The van der Waals surface area contributed by atoms with Gasteiger partial charge in [0.1, 0.15) is 5.75 Å². The Hall–Kier alpha value is -3.72. The smallest absolute Gasteiger partial charge is 0.335 e. The SMILES string of the molecule is CC(C)COc1ccc(C23CCC(N)(CC2)CC3)cc1.NC12CCC(c3ccc(C(=O)O)cc3)(CC1)CC2.NC12CCC(c3ccccc3C(=O)O)(CC1)CC2. The Morgan fingerprint density at radius 1 is 0.536 bits per heavy atom. The summed E-state index contributed by atoms with van der Waals surface area (Å²) in [6.45, 7) is 5.15. The molecule has 0 amide bonds. The van der Waals surface area contributed by atoms with Crippen LogP contribution in [0.25, 0.3) is 0 Å². The summed E-state index contributed by atoms with van der Waals surface area (Å²) in [7, 11) is 0. The molecular formula is C48H65N3O5. The summed E-state index contributed by atoms with van der Waals surface area (Å²) >= 11 is 0. The second-order valence-corrected chi connectivity index (χ2v) is 19.4. The van der Waals surface area contributed by atoms with E-state index in [4.69, 9.17) is 27.0 Å². The van der Waals surface area contributed by atoms with Crippen molar-refractivity contribution in [3.63, 3.8) is 0 Å². The van der Waals surface area contributed by atoms with E-state index in [1.54, 1.807) is 18.2 Å². The van der Waals surface area contributed by atoms with Crippen molar-refractivity contribution in [3.05, 3.63) is 101 Å². The molecule has 0 atom stereocenters. The number of benzene rings is 3. The third-order valence-electron chi connectivity index (χ3n) is 15.4. The van der Waals surface area contributed by atoms with Gasteiger partial charge in [0.25, 0.3) is 0 Å². The molecule has 0 radical (unpaired) electrons. The van der Waals surface area contributed by atoms with Gasteiger partial charge < -0.3 is 32.2 Å². The van der Waals surface area contributed by atoms with Crippen LogP contribution in [0.2, 0.25) is 0 Å². The first kappa shape index (κ1) is 40.5. The number of hydrogen-bond donors (Lipinski definition) is 5. The number of ether oxygens (including phenoxy) is 1. The molecule has 9 aliphatic carbocycles. The third kappa shape index (κ3) is 8.30. The van der Waals surface area contributed by atoms with Crippen LogP contribution in [0, 0.1) is 5.92 Å². The van der Waals surface area contributed by atoms with Gasteiger partial charge in [0.05, 0.1) is 17.7 Å².